The van der Waals surface area contributed by atoms with Gasteiger partial charge in [-0.3, -0.25) is 4.79 Å². The molecule has 0 aliphatic rings. The molecule has 0 atom stereocenters. The molecular formula is C16H16N2O3. The quantitative estimate of drug-likeness (QED) is 0.844. The Morgan fingerprint density at radius 1 is 0.905 bits per heavy atom. The topological polar surface area (TPSA) is 67.4 Å². The summed E-state index contributed by atoms with van der Waals surface area (Å²) in [7, 11) is 1.53. The highest BCUT2D eigenvalue weighted by atomic mass is 16.5. The van der Waals surface area contributed by atoms with Gasteiger partial charge in [-0.1, -0.05) is 24.3 Å². The summed E-state index contributed by atoms with van der Waals surface area (Å²) in [4.78, 5) is 23.6. The average molecular weight is 284 g/mol. The first kappa shape index (κ1) is 14.6. The van der Waals surface area contributed by atoms with E-state index < -0.39 is 6.03 Å². The van der Waals surface area contributed by atoms with Crippen LogP contribution in [0.4, 0.5) is 16.2 Å². The van der Waals surface area contributed by atoms with Gasteiger partial charge in [0, 0.05) is 5.56 Å². The minimum absolute atomic E-state index is 0.108. The monoisotopic (exact) mass is 284 g/mol. The molecule has 2 amide bonds. The molecule has 2 aromatic carbocycles. The van der Waals surface area contributed by atoms with Crippen LogP contribution in [-0.2, 0) is 0 Å². The van der Waals surface area contributed by atoms with Crippen LogP contribution in [0.5, 0.6) is 5.75 Å². The molecule has 0 heterocycles. The zero-order valence-corrected chi connectivity index (χ0v) is 11.8. The van der Waals surface area contributed by atoms with Crippen molar-refractivity contribution >= 4 is 23.2 Å². The lowest BCUT2D eigenvalue weighted by molar-refractivity contribution is 0.101. The Bertz CT molecular complexity index is 668. The van der Waals surface area contributed by atoms with E-state index in [0.717, 1.165) is 0 Å². The zero-order chi connectivity index (χ0) is 15.2. The second kappa shape index (κ2) is 6.56. The number of benzene rings is 2. The van der Waals surface area contributed by atoms with E-state index in [-0.39, 0.29) is 5.78 Å². The summed E-state index contributed by atoms with van der Waals surface area (Å²) in [5.41, 5.74) is 1.49. The van der Waals surface area contributed by atoms with Crippen LogP contribution in [0.3, 0.4) is 0 Å². The molecule has 2 N–H and O–H groups in total. The molecule has 0 bridgehead atoms. The number of hydrogen-bond donors (Lipinski definition) is 2. The summed E-state index contributed by atoms with van der Waals surface area (Å²) >= 11 is 0. The number of ketones is 1. The van der Waals surface area contributed by atoms with Gasteiger partial charge in [-0.25, -0.2) is 4.79 Å². The lowest BCUT2D eigenvalue weighted by atomic mass is 10.1. The summed E-state index contributed by atoms with van der Waals surface area (Å²) < 4.78 is 5.16. The van der Waals surface area contributed by atoms with E-state index in [1.54, 1.807) is 42.5 Å². The Morgan fingerprint density at radius 3 is 2.14 bits per heavy atom. The highest BCUT2D eigenvalue weighted by Crippen LogP contribution is 2.23. The Labute approximate surface area is 122 Å². The SMILES string of the molecule is COc1ccccc1NC(=O)Nc1ccccc1C(C)=O. The molecule has 0 aliphatic heterocycles. The fourth-order valence-electron chi connectivity index (χ4n) is 1.92. The van der Waals surface area contributed by atoms with Gasteiger partial charge in [0.2, 0.25) is 0 Å². The van der Waals surface area contributed by atoms with Gasteiger partial charge in [-0.15, -0.1) is 0 Å². The lowest BCUT2D eigenvalue weighted by Gasteiger charge is -2.12. The molecule has 0 saturated carbocycles. The first-order valence-electron chi connectivity index (χ1n) is 6.43. The molecule has 0 spiro atoms. The van der Waals surface area contributed by atoms with Crippen molar-refractivity contribution in [1.29, 1.82) is 0 Å². The normalized spacial score (nSPS) is 9.81. The van der Waals surface area contributed by atoms with E-state index >= 15 is 0 Å². The molecule has 5 heteroatoms. The number of hydrogen-bond acceptors (Lipinski definition) is 3. The first-order chi connectivity index (χ1) is 10.1. The Kier molecular flexibility index (Phi) is 4.56. The molecule has 2 rings (SSSR count). The summed E-state index contributed by atoms with van der Waals surface area (Å²) in [5.74, 6) is 0.454. The maximum atomic E-state index is 12.0. The maximum Gasteiger partial charge on any atom is 0.323 e. The standard InChI is InChI=1S/C16H16N2O3/c1-11(19)12-7-3-4-8-13(12)17-16(20)18-14-9-5-6-10-15(14)21-2/h3-10H,1-2H3,(H2,17,18,20). The molecule has 0 saturated heterocycles. The number of carbonyl (C=O) groups is 2. The number of nitrogens with one attached hydrogen (secondary N) is 2. The molecule has 21 heavy (non-hydrogen) atoms. The summed E-state index contributed by atoms with van der Waals surface area (Å²) in [5, 5.41) is 5.35. The van der Waals surface area contributed by atoms with Crippen LogP contribution < -0.4 is 15.4 Å². The van der Waals surface area contributed by atoms with Crippen molar-refractivity contribution in [2.45, 2.75) is 6.92 Å². The van der Waals surface area contributed by atoms with Gasteiger partial charge >= 0.3 is 6.03 Å². The number of carbonyl (C=O) groups excluding carboxylic acids is 2. The number of Topliss-reactive ketones (excluding diaryl/α,β-unsaturated/α-hetero) is 1. The number of ether oxygens (including phenoxy) is 1. The minimum atomic E-state index is -0.437. The van der Waals surface area contributed by atoms with Crippen molar-refractivity contribution in [2.24, 2.45) is 0 Å². The molecule has 5 nitrogen and oxygen atoms in total. The predicted molar refractivity (Wildman–Crippen MR) is 82.1 cm³/mol. The summed E-state index contributed by atoms with van der Waals surface area (Å²) in [6.45, 7) is 1.46. The summed E-state index contributed by atoms with van der Waals surface area (Å²) in [6.07, 6.45) is 0. The van der Waals surface area contributed by atoms with E-state index in [1.165, 1.54) is 14.0 Å². The maximum absolute atomic E-state index is 12.0. The first-order valence-corrected chi connectivity index (χ1v) is 6.43. The molecule has 0 aromatic heterocycles. The van der Waals surface area contributed by atoms with Crippen LogP contribution in [0.25, 0.3) is 0 Å². The molecule has 0 radical (unpaired) electrons. The third-order valence-corrected chi connectivity index (χ3v) is 2.91. The van der Waals surface area contributed by atoms with Crippen LogP contribution >= 0.6 is 0 Å². The molecule has 2 aromatic rings. The second-order valence-electron chi connectivity index (χ2n) is 4.38. The molecule has 0 fully saturated rings. The van der Waals surface area contributed by atoms with E-state index in [4.69, 9.17) is 4.74 Å². The van der Waals surface area contributed by atoms with Crippen molar-refractivity contribution in [1.82, 2.24) is 0 Å². The lowest BCUT2D eigenvalue weighted by Crippen LogP contribution is -2.21. The van der Waals surface area contributed by atoms with Gasteiger partial charge in [-0.05, 0) is 31.2 Å². The molecular weight excluding hydrogens is 268 g/mol. The number of urea groups is 1. The van der Waals surface area contributed by atoms with Gasteiger partial charge < -0.3 is 15.4 Å². The van der Waals surface area contributed by atoms with Crippen molar-refractivity contribution < 1.29 is 14.3 Å². The van der Waals surface area contributed by atoms with Gasteiger partial charge in [0.1, 0.15) is 5.75 Å². The highest BCUT2D eigenvalue weighted by molar-refractivity contribution is 6.06. The Balaban J connectivity index is 2.14. The molecule has 108 valence electrons. The van der Waals surface area contributed by atoms with Crippen LogP contribution in [0.15, 0.2) is 48.5 Å². The van der Waals surface area contributed by atoms with Crippen LogP contribution in [0.1, 0.15) is 17.3 Å². The third-order valence-electron chi connectivity index (χ3n) is 2.91. The Morgan fingerprint density at radius 2 is 1.48 bits per heavy atom. The van der Waals surface area contributed by atoms with Gasteiger partial charge in [0.15, 0.2) is 5.78 Å². The highest BCUT2D eigenvalue weighted by Gasteiger charge is 2.11. The van der Waals surface area contributed by atoms with Crippen LogP contribution in [-0.4, -0.2) is 18.9 Å². The number of methoxy groups -OCH3 is 1. The van der Waals surface area contributed by atoms with Crippen LogP contribution in [0, 0.1) is 0 Å². The zero-order valence-electron chi connectivity index (χ0n) is 11.8. The number of rotatable bonds is 4. The second-order valence-corrected chi connectivity index (χ2v) is 4.38. The van der Waals surface area contributed by atoms with Crippen molar-refractivity contribution in [3.05, 3.63) is 54.1 Å². The minimum Gasteiger partial charge on any atom is -0.495 e. The fraction of sp³-hybridized carbons (Fsp3) is 0.125. The predicted octanol–water partition coefficient (Wildman–Crippen LogP) is 3.54. The molecule has 0 unspecified atom stereocenters. The van der Waals surface area contributed by atoms with Crippen LogP contribution in [0.2, 0.25) is 0 Å². The van der Waals surface area contributed by atoms with Crippen molar-refractivity contribution in [3.8, 4) is 5.75 Å². The van der Waals surface area contributed by atoms with E-state index in [0.29, 0.717) is 22.7 Å². The van der Waals surface area contributed by atoms with Crippen molar-refractivity contribution in [3.63, 3.8) is 0 Å². The third kappa shape index (κ3) is 3.60. The number of para-hydroxylation sites is 3. The molecule has 0 aliphatic carbocycles. The van der Waals surface area contributed by atoms with E-state index in [1.807, 2.05) is 6.07 Å². The fourth-order valence-corrected chi connectivity index (χ4v) is 1.92. The number of anilines is 2. The van der Waals surface area contributed by atoms with E-state index in [2.05, 4.69) is 10.6 Å². The van der Waals surface area contributed by atoms with Gasteiger partial charge in [0.25, 0.3) is 0 Å². The van der Waals surface area contributed by atoms with E-state index in [9.17, 15) is 9.59 Å². The largest absolute Gasteiger partial charge is 0.495 e. The van der Waals surface area contributed by atoms with Crippen molar-refractivity contribution in [2.75, 3.05) is 17.7 Å². The smallest absolute Gasteiger partial charge is 0.323 e. The summed E-state index contributed by atoms with van der Waals surface area (Å²) in [6, 6.07) is 13.5. The van der Waals surface area contributed by atoms with Gasteiger partial charge in [0.05, 0.1) is 18.5 Å². The average Bonchev–Trinajstić information content (AvgIpc) is 2.48. The van der Waals surface area contributed by atoms with Gasteiger partial charge in [-0.2, -0.15) is 0 Å². The number of amides is 2. The Hall–Kier alpha value is -2.82.